The fraction of sp³-hybridized carbons (Fsp3) is 0.500. The molecule has 0 aliphatic rings. The molecule has 96 valence electrons. The standard InChI is InChI=1S/C12H17F2NO2/c1-16-10-7-9(12(13)14)11(17-2)6-8(10)4-3-5-15/h6-7,12H,3-5,15H2,1-2H3. The van der Waals surface area contributed by atoms with Crippen molar-refractivity contribution in [2.24, 2.45) is 5.73 Å². The van der Waals surface area contributed by atoms with Crippen molar-refractivity contribution in [1.29, 1.82) is 0 Å². The number of benzene rings is 1. The van der Waals surface area contributed by atoms with E-state index in [9.17, 15) is 8.78 Å². The molecule has 3 nitrogen and oxygen atoms in total. The molecule has 0 aromatic heterocycles. The van der Waals surface area contributed by atoms with E-state index in [2.05, 4.69) is 0 Å². The Morgan fingerprint density at radius 1 is 1.18 bits per heavy atom. The SMILES string of the molecule is COc1cc(C(F)F)c(OC)cc1CCCN. The highest BCUT2D eigenvalue weighted by Crippen LogP contribution is 2.35. The molecule has 0 saturated heterocycles. The van der Waals surface area contributed by atoms with Gasteiger partial charge in [-0.1, -0.05) is 0 Å². The molecule has 0 amide bonds. The summed E-state index contributed by atoms with van der Waals surface area (Å²) in [5.41, 5.74) is 6.11. The smallest absolute Gasteiger partial charge is 0.267 e. The third-order valence-electron chi connectivity index (χ3n) is 2.52. The second-order valence-electron chi connectivity index (χ2n) is 3.60. The summed E-state index contributed by atoms with van der Waals surface area (Å²) in [5.74, 6) is 0.641. The Labute approximate surface area is 99.5 Å². The lowest BCUT2D eigenvalue weighted by atomic mass is 10.0. The molecule has 0 aliphatic carbocycles. The Balaban J connectivity index is 3.13. The van der Waals surface area contributed by atoms with Crippen molar-refractivity contribution in [3.63, 3.8) is 0 Å². The lowest BCUT2D eigenvalue weighted by Gasteiger charge is -2.14. The van der Waals surface area contributed by atoms with E-state index in [1.54, 1.807) is 6.07 Å². The molecule has 0 unspecified atom stereocenters. The van der Waals surface area contributed by atoms with Gasteiger partial charge >= 0.3 is 0 Å². The maximum Gasteiger partial charge on any atom is 0.267 e. The molecule has 0 heterocycles. The maximum absolute atomic E-state index is 12.8. The minimum absolute atomic E-state index is 0.152. The molecule has 0 spiro atoms. The van der Waals surface area contributed by atoms with Gasteiger partial charge in [0.15, 0.2) is 0 Å². The van der Waals surface area contributed by atoms with Crippen molar-refractivity contribution in [1.82, 2.24) is 0 Å². The van der Waals surface area contributed by atoms with E-state index < -0.39 is 6.43 Å². The molecule has 1 aromatic carbocycles. The van der Waals surface area contributed by atoms with Crippen LogP contribution in [0.2, 0.25) is 0 Å². The van der Waals surface area contributed by atoms with E-state index in [4.69, 9.17) is 15.2 Å². The summed E-state index contributed by atoms with van der Waals surface area (Å²) in [6, 6.07) is 2.92. The molecule has 0 atom stereocenters. The topological polar surface area (TPSA) is 44.5 Å². The van der Waals surface area contributed by atoms with E-state index in [0.29, 0.717) is 18.7 Å². The van der Waals surface area contributed by atoms with Crippen molar-refractivity contribution in [3.05, 3.63) is 23.3 Å². The van der Waals surface area contributed by atoms with Crippen LogP contribution in [0.5, 0.6) is 11.5 Å². The van der Waals surface area contributed by atoms with Gasteiger partial charge in [-0.25, -0.2) is 8.78 Å². The van der Waals surface area contributed by atoms with Crippen LogP contribution in [0.4, 0.5) is 8.78 Å². The molecule has 0 bridgehead atoms. The van der Waals surface area contributed by atoms with Crippen molar-refractivity contribution in [3.8, 4) is 11.5 Å². The number of aryl methyl sites for hydroxylation is 1. The molecule has 2 N–H and O–H groups in total. The number of methoxy groups -OCH3 is 2. The highest BCUT2D eigenvalue weighted by molar-refractivity contribution is 5.47. The van der Waals surface area contributed by atoms with Crippen LogP contribution >= 0.6 is 0 Å². The van der Waals surface area contributed by atoms with Crippen LogP contribution in [0.1, 0.15) is 24.0 Å². The molecule has 0 saturated carbocycles. The van der Waals surface area contributed by atoms with Gasteiger partial charge in [-0.3, -0.25) is 0 Å². The first-order valence-electron chi connectivity index (χ1n) is 5.37. The van der Waals surface area contributed by atoms with E-state index in [1.807, 2.05) is 0 Å². The largest absolute Gasteiger partial charge is 0.496 e. The number of ether oxygens (including phenoxy) is 2. The van der Waals surface area contributed by atoms with Crippen molar-refractivity contribution >= 4 is 0 Å². The number of nitrogens with two attached hydrogens (primary N) is 1. The lowest BCUT2D eigenvalue weighted by Crippen LogP contribution is -2.03. The number of rotatable bonds is 6. The summed E-state index contributed by atoms with van der Waals surface area (Å²) in [7, 11) is 2.84. The third kappa shape index (κ3) is 3.30. The van der Waals surface area contributed by atoms with Crippen LogP contribution < -0.4 is 15.2 Å². The number of hydrogen-bond acceptors (Lipinski definition) is 3. The van der Waals surface area contributed by atoms with Crippen LogP contribution in [0.3, 0.4) is 0 Å². The summed E-state index contributed by atoms with van der Waals surface area (Å²) in [6.45, 7) is 0.544. The van der Waals surface area contributed by atoms with Gasteiger partial charge in [0.05, 0.1) is 19.8 Å². The minimum Gasteiger partial charge on any atom is -0.496 e. The predicted molar refractivity (Wildman–Crippen MR) is 61.9 cm³/mol. The maximum atomic E-state index is 12.8. The van der Waals surface area contributed by atoms with Gasteiger partial charge < -0.3 is 15.2 Å². The van der Waals surface area contributed by atoms with Gasteiger partial charge in [0.1, 0.15) is 11.5 Å². The summed E-state index contributed by atoms with van der Waals surface area (Å²) in [5, 5.41) is 0. The molecular weight excluding hydrogens is 228 g/mol. The Morgan fingerprint density at radius 3 is 2.29 bits per heavy atom. The normalized spacial score (nSPS) is 10.7. The van der Waals surface area contributed by atoms with Gasteiger partial charge in [-0.15, -0.1) is 0 Å². The molecule has 0 fully saturated rings. The molecule has 1 aromatic rings. The van der Waals surface area contributed by atoms with Crippen LogP contribution in [0.15, 0.2) is 12.1 Å². The molecule has 1 rings (SSSR count). The summed E-state index contributed by atoms with van der Waals surface area (Å²) in [6.07, 6.45) is -1.13. The predicted octanol–water partition coefficient (Wildman–Crippen LogP) is 2.53. The molecule has 5 heteroatoms. The van der Waals surface area contributed by atoms with Crippen molar-refractivity contribution in [2.75, 3.05) is 20.8 Å². The third-order valence-corrected chi connectivity index (χ3v) is 2.52. The summed E-state index contributed by atoms with van der Waals surface area (Å²) in [4.78, 5) is 0. The first-order chi connectivity index (χ1) is 8.13. The van der Waals surface area contributed by atoms with E-state index in [1.165, 1.54) is 20.3 Å². The van der Waals surface area contributed by atoms with Crippen LogP contribution in [-0.2, 0) is 6.42 Å². The molecular formula is C12H17F2NO2. The van der Waals surface area contributed by atoms with Gasteiger partial charge in [0.25, 0.3) is 6.43 Å². The fourth-order valence-electron chi connectivity index (χ4n) is 1.64. The minimum atomic E-state index is -2.58. The van der Waals surface area contributed by atoms with Gasteiger partial charge in [-0.05, 0) is 37.1 Å². The highest BCUT2D eigenvalue weighted by atomic mass is 19.3. The van der Waals surface area contributed by atoms with E-state index in [-0.39, 0.29) is 11.3 Å². The second-order valence-corrected chi connectivity index (χ2v) is 3.60. The Bertz CT molecular complexity index is 370. The van der Waals surface area contributed by atoms with Crippen molar-refractivity contribution < 1.29 is 18.3 Å². The number of hydrogen-bond donors (Lipinski definition) is 1. The molecule has 0 radical (unpaired) electrons. The summed E-state index contributed by atoms with van der Waals surface area (Å²) < 4.78 is 35.6. The van der Waals surface area contributed by atoms with Crippen LogP contribution in [0, 0.1) is 0 Å². The van der Waals surface area contributed by atoms with Crippen LogP contribution in [0.25, 0.3) is 0 Å². The first-order valence-corrected chi connectivity index (χ1v) is 5.37. The molecule has 0 aliphatic heterocycles. The zero-order valence-corrected chi connectivity index (χ0v) is 10.0. The highest BCUT2D eigenvalue weighted by Gasteiger charge is 2.17. The van der Waals surface area contributed by atoms with Gasteiger partial charge in [0.2, 0.25) is 0 Å². The lowest BCUT2D eigenvalue weighted by molar-refractivity contribution is 0.146. The monoisotopic (exact) mass is 245 g/mol. The van der Waals surface area contributed by atoms with E-state index in [0.717, 1.165) is 12.0 Å². The van der Waals surface area contributed by atoms with Gasteiger partial charge in [0, 0.05) is 0 Å². The summed E-state index contributed by atoms with van der Waals surface area (Å²) >= 11 is 0. The Hall–Kier alpha value is -1.36. The quantitative estimate of drug-likeness (QED) is 0.837. The average molecular weight is 245 g/mol. The number of halogens is 2. The van der Waals surface area contributed by atoms with Gasteiger partial charge in [-0.2, -0.15) is 0 Å². The number of alkyl halides is 2. The average Bonchev–Trinajstić information content (AvgIpc) is 2.34. The first kappa shape index (κ1) is 13.7. The Morgan fingerprint density at radius 2 is 1.82 bits per heavy atom. The second kappa shape index (κ2) is 6.39. The molecule has 17 heavy (non-hydrogen) atoms. The zero-order chi connectivity index (χ0) is 12.8. The van der Waals surface area contributed by atoms with E-state index >= 15 is 0 Å². The fourth-order valence-corrected chi connectivity index (χ4v) is 1.64. The van der Waals surface area contributed by atoms with Crippen LogP contribution in [-0.4, -0.2) is 20.8 Å². The zero-order valence-electron chi connectivity index (χ0n) is 10.0. The van der Waals surface area contributed by atoms with Crippen molar-refractivity contribution in [2.45, 2.75) is 19.3 Å². The Kier molecular flexibility index (Phi) is 5.15.